The first-order chi connectivity index (χ1) is 6.42. The highest BCUT2D eigenvalue weighted by Gasteiger charge is 2.23. The van der Waals surface area contributed by atoms with Crippen molar-refractivity contribution in [2.45, 2.75) is 25.8 Å². The average Bonchev–Trinajstić information content (AvgIpc) is 2.67. The summed E-state index contributed by atoms with van der Waals surface area (Å²) in [7, 11) is 0. The number of hydrogen-bond donors (Lipinski definition) is 0. The van der Waals surface area contributed by atoms with Crippen molar-refractivity contribution in [3.63, 3.8) is 0 Å². The first-order valence-corrected chi connectivity index (χ1v) is 5.21. The van der Waals surface area contributed by atoms with Gasteiger partial charge >= 0.3 is 0 Å². The maximum Gasteiger partial charge on any atom is 0.0348 e. The van der Waals surface area contributed by atoms with E-state index in [0.29, 0.717) is 6.04 Å². The third-order valence-electron chi connectivity index (χ3n) is 2.95. The van der Waals surface area contributed by atoms with Crippen molar-refractivity contribution in [2.75, 3.05) is 13.1 Å². The van der Waals surface area contributed by atoms with Gasteiger partial charge in [-0.25, -0.2) is 0 Å². The van der Waals surface area contributed by atoms with E-state index in [-0.39, 0.29) is 0 Å². The van der Waals surface area contributed by atoms with Crippen LogP contribution in [0.4, 0.5) is 0 Å². The number of benzene rings is 1. The Morgan fingerprint density at radius 2 is 2.08 bits per heavy atom. The van der Waals surface area contributed by atoms with Gasteiger partial charge in [0.25, 0.3) is 0 Å². The molecule has 1 atom stereocenters. The molecule has 2 rings (SSSR count). The van der Waals surface area contributed by atoms with Gasteiger partial charge < -0.3 is 0 Å². The maximum atomic E-state index is 2.56. The summed E-state index contributed by atoms with van der Waals surface area (Å²) in [5.41, 5.74) is 1.49. The van der Waals surface area contributed by atoms with Crippen LogP contribution in [0.5, 0.6) is 0 Å². The van der Waals surface area contributed by atoms with Crippen LogP contribution >= 0.6 is 0 Å². The molecule has 0 aliphatic carbocycles. The van der Waals surface area contributed by atoms with Crippen molar-refractivity contribution in [3.05, 3.63) is 35.9 Å². The highest BCUT2D eigenvalue weighted by Crippen LogP contribution is 2.30. The largest absolute Gasteiger partial charge is 0.297 e. The average molecular weight is 175 g/mol. The molecule has 1 fully saturated rings. The second-order valence-electron chi connectivity index (χ2n) is 3.70. The van der Waals surface area contributed by atoms with Crippen molar-refractivity contribution in [1.82, 2.24) is 4.90 Å². The van der Waals surface area contributed by atoms with Crippen LogP contribution in [0.25, 0.3) is 0 Å². The van der Waals surface area contributed by atoms with Gasteiger partial charge in [0.05, 0.1) is 0 Å². The van der Waals surface area contributed by atoms with Crippen LogP contribution in [-0.2, 0) is 0 Å². The molecule has 0 N–H and O–H groups in total. The summed E-state index contributed by atoms with van der Waals surface area (Å²) in [6.45, 7) is 4.71. The Morgan fingerprint density at radius 1 is 1.31 bits per heavy atom. The summed E-state index contributed by atoms with van der Waals surface area (Å²) in [5.74, 6) is 0. The zero-order valence-electron chi connectivity index (χ0n) is 8.24. The molecule has 0 radical (unpaired) electrons. The first kappa shape index (κ1) is 8.76. The molecule has 0 bridgehead atoms. The van der Waals surface area contributed by atoms with Crippen LogP contribution in [0.1, 0.15) is 31.4 Å². The molecule has 1 heteroatoms. The molecule has 13 heavy (non-hydrogen) atoms. The Labute approximate surface area is 80.4 Å². The van der Waals surface area contributed by atoms with E-state index in [2.05, 4.69) is 42.2 Å². The molecule has 0 saturated carbocycles. The third kappa shape index (κ3) is 1.75. The highest BCUT2D eigenvalue weighted by molar-refractivity contribution is 5.19. The topological polar surface area (TPSA) is 3.24 Å². The van der Waals surface area contributed by atoms with Crippen molar-refractivity contribution in [1.29, 1.82) is 0 Å². The molecular weight excluding hydrogens is 158 g/mol. The Morgan fingerprint density at radius 3 is 2.77 bits per heavy atom. The van der Waals surface area contributed by atoms with E-state index in [1.807, 2.05) is 0 Å². The molecule has 1 aromatic rings. The minimum Gasteiger partial charge on any atom is -0.297 e. The zero-order chi connectivity index (χ0) is 9.10. The van der Waals surface area contributed by atoms with Crippen molar-refractivity contribution in [3.8, 4) is 0 Å². The molecule has 70 valence electrons. The number of likely N-dealkylation sites (tertiary alicyclic amines) is 1. The minimum absolute atomic E-state index is 0.686. The molecular formula is C12H17N. The van der Waals surface area contributed by atoms with Crippen LogP contribution < -0.4 is 0 Å². The van der Waals surface area contributed by atoms with Gasteiger partial charge in [-0.15, -0.1) is 0 Å². The van der Waals surface area contributed by atoms with Gasteiger partial charge in [0.2, 0.25) is 0 Å². The molecule has 1 saturated heterocycles. The normalized spacial score (nSPS) is 23.6. The summed E-state index contributed by atoms with van der Waals surface area (Å²) in [6.07, 6.45) is 2.69. The van der Waals surface area contributed by atoms with Gasteiger partial charge in [0.1, 0.15) is 0 Å². The van der Waals surface area contributed by atoms with E-state index in [1.54, 1.807) is 0 Å². The summed E-state index contributed by atoms with van der Waals surface area (Å²) in [6, 6.07) is 11.6. The standard InChI is InChI=1S/C12H17N/c1-2-13-10-6-9-12(13)11-7-4-3-5-8-11/h3-5,7-8,12H,2,6,9-10H2,1H3/t12-/m0/s1. The molecule has 1 aliphatic heterocycles. The van der Waals surface area contributed by atoms with Gasteiger partial charge in [-0.1, -0.05) is 37.3 Å². The Kier molecular flexibility index (Phi) is 2.65. The quantitative estimate of drug-likeness (QED) is 0.668. The number of nitrogens with zero attached hydrogens (tertiary/aromatic N) is 1. The molecule has 0 amide bonds. The van der Waals surface area contributed by atoms with Crippen molar-refractivity contribution < 1.29 is 0 Å². The molecule has 1 aromatic carbocycles. The van der Waals surface area contributed by atoms with Gasteiger partial charge in [-0.2, -0.15) is 0 Å². The third-order valence-corrected chi connectivity index (χ3v) is 2.95. The minimum atomic E-state index is 0.686. The summed E-state index contributed by atoms with van der Waals surface area (Å²) < 4.78 is 0. The van der Waals surface area contributed by atoms with Gasteiger partial charge in [0, 0.05) is 6.04 Å². The second-order valence-corrected chi connectivity index (χ2v) is 3.70. The molecule has 1 heterocycles. The second kappa shape index (κ2) is 3.93. The monoisotopic (exact) mass is 175 g/mol. The van der Waals surface area contributed by atoms with E-state index >= 15 is 0 Å². The first-order valence-electron chi connectivity index (χ1n) is 5.21. The van der Waals surface area contributed by atoms with E-state index in [1.165, 1.54) is 31.5 Å². The summed E-state index contributed by atoms with van der Waals surface area (Å²) >= 11 is 0. The fraction of sp³-hybridized carbons (Fsp3) is 0.500. The predicted octanol–water partition coefficient (Wildman–Crippen LogP) is 2.84. The van der Waals surface area contributed by atoms with E-state index < -0.39 is 0 Å². The van der Waals surface area contributed by atoms with Crippen LogP contribution in [0.3, 0.4) is 0 Å². The molecule has 1 aliphatic rings. The van der Waals surface area contributed by atoms with Crippen LogP contribution in [-0.4, -0.2) is 18.0 Å². The number of rotatable bonds is 2. The Bertz CT molecular complexity index is 255. The van der Waals surface area contributed by atoms with Crippen LogP contribution in [0, 0.1) is 0 Å². The lowest BCUT2D eigenvalue weighted by molar-refractivity contribution is 0.271. The Balaban J connectivity index is 2.16. The van der Waals surface area contributed by atoms with Crippen molar-refractivity contribution in [2.24, 2.45) is 0 Å². The lowest BCUT2D eigenvalue weighted by Crippen LogP contribution is -2.22. The zero-order valence-corrected chi connectivity index (χ0v) is 8.24. The lowest BCUT2D eigenvalue weighted by Gasteiger charge is -2.22. The van der Waals surface area contributed by atoms with Gasteiger partial charge in [-0.05, 0) is 31.5 Å². The fourth-order valence-electron chi connectivity index (χ4n) is 2.26. The molecule has 0 aromatic heterocycles. The summed E-state index contributed by atoms with van der Waals surface area (Å²) in [4.78, 5) is 2.56. The predicted molar refractivity (Wildman–Crippen MR) is 55.7 cm³/mol. The van der Waals surface area contributed by atoms with Gasteiger partial charge in [0.15, 0.2) is 0 Å². The van der Waals surface area contributed by atoms with E-state index in [4.69, 9.17) is 0 Å². The smallest absolute Gasteiger partial charge is 0.0348 e. The lowest BCUT2D eigenvalue weighted by atomic mass is 10.1. The van der Waals surface area contributed by atoms with Crippen LogP contribution in [0.15, 0.2) is 30.3 Å². The molecule has 1 nitrogen and oxygen atoms in total. The SMILES string of the molecule is CCN1CCC[C@H]1c1ccccc1. The highest BCUT2D eigenvalue weighted by atomic mass is 15.2. The van der Waals surface area contributed by atoms with Gasteiger partial charge in [-0.3, -0.25) is 4.90 Å². The molecule has 0 unspecified atom stereocenters. The van der Waals surface area contributed by atoms with Crippen molar-refractivity contribution >= 4 is 0 Å². The Hall–Kier alpha value is -0.820. The fourth-order valence-corrected chi connectivity index (χ4v) is 2.26. The van der Waals surface area contributed by atoms with E-state index in [9.17, 15) is 0 Å². The van der Waals surface area contributed by atoms with E-state index in [0.717, 1.165) is 0 Å². The number of hydrogen-bond acceptors (Lipinski definition) is 1. The van der Waals surface area contributed by atoms with Crippen LogP contribution in [0.2, 0.25) is 0 Å². The molecule has 0 spiro atoms. The maximum absolute atomic E-state index is 2.56. The summed E-state index contributed by atoms with van der Waals surface area (Å²) in [5, 5.41) is 0.